The number of nitrogens with zero attached hydrogens (tertiary/aromatic N) is 3. The molecule has 1 fully saturated rings. The van der Waals surface area contributed by atoms with Crippen molar-refractivity contribution in [2.24, 2.45) is 14.1 Å². The molecule has 0 radical (unpaired) electrons. The maximum Gasteiger partial charge on any atom is 0.332 e. The Kier molecular flexibility index (Phi) is 3.52. The van der Waals surface area contributed by atoms with E-state index in [1.54, 1.807) is 7.05 Å². The van der Waals surface area contributed by atoms with Crippen molar-refractivity contribution < 1.29 is 4.74 Å². The number of fused-ring (bicyclic) bond motifs is 1. The quantitative estimate of drug-likeness (QED) is 0.627. The molecule has 3 N–H and O–H groups in total. The van der Waals surface area contributed by atoms with Crippen LogP contribution in [-0.4, -0.2) is 51.4 Å². The second-order valence-electron chi connectivity index (χ2n) is 5.07. The van der Waals surface area contributed by atoms with Gasteiger partial charge in [0.15, 0.2) is 11.2 Å². The predicted octanol–water partition coefficient (Wildman–Crippen LogP) is -1.64. The average Bonchev–Trinajstić information content (AvgIpc) is 2.94. The number of aromatic nitrogens is 4. The fourth-order valence-electron chi connectivity index (χ4n) is 2.37. The van der Waals surface area contributed by atoms with Crippen LogP contribution in [0.5, 0.6) is 0 Å². The molecule has 0 spiro atoms. The molecule has 2 aromatic rings. The molecular formula is C12H18N6O3. The maximum atomic E-state index is 12.0. The van der Waals surface area contributed by atoms with Gasteiger partial charge in [-0.15, -0.1) is 0 Å². The molecule has 1 unspecified atom stereocenters. The van der Waals surface area contributed by atoms with Crippen LogP contribution >= 0.6 is 0 Å². The van der Waals surface area contributed by atoms with Gasteiger partial charge in [0.05, 0.1) is 12.7 Å². The van der Waals surface area contributed by atoms with E-state index < -0.39 is 5.69 Å². The number of imidazole rings is 1. The van der Waals surface area contributed by atoms with E-state index in [2.05, 4.69) is 20.6 Å². The number of rotatable bonds is 3. The van der Waals surface area contributed by atoms with Gasteiger partial charge >= 0.3 is 5.69 Å². The highest BCUT2D eigenvalue weighted by atomic mass is 16.5. The van der Waals surface area contributed by atoms with Crippen molar-refractivity contribution in [2.75, 3.05) is 31.6 Å². The maximum absolute atomic E-state index is 12.0. The third kappa shape index (κ3) is 2.45. The van der Waals surface area contributed by atoms with Gasteiger partial charge in [0.1, 0.15) is 0 Å². The Bertz CT molecular complexity index is 768. The van der Waals surface area contributed by atoms with E-state index in [1.807, 2.05) is 0 Å². The lowest BCUT2D eigenvalue weighted by atomic mass is 10.3. The largest absolute Gasteiger partial charge is 0.374 e. The molecule has 0 amide bonds. The lowest BCUT2D eigenvalue weighted by Gasteiger charge is -2.23. The van der Waals surface area contributed by atoms with E-state index in [9.17, 15) is 9.59 Å². The molecule has 2 aromatic heterocycles. The Morgan fingerprint density at radius 1 is 1.38 bits per heavy atom. The van der Waals surface area contributed by atoms with Crippen LogP contribution in [-0.2, 0) is 18.8 Å². The highest BCUT2D eigenvalue weighted by Crippen LogP contribution is 2.08. The van der Waals surface area contributed by atoms with Crippen LogP contribution in [0.25, 0.3) is 11.2 Å². The molecule has 3 rings (SSSR count). The van der Waals surface area contributed by atoms with E-state index >= 15 is 0 Å². The van der Waals surface area contributed by atoms with Crippen molar-refractivity contribution in [3.63, 3.8) is 0 Å². The number of ether oxygens (including phenoxy) is 1. The third-order valence-electron chi connectivity index (χ3n) is 3.60. The summed E-state index contributed by atoms with van der Waals surface area (Å²) < 4.78 is 7.97. The van der Waals surface area contributed by atoms with E-state index in [0.29, 0.717) is 30.3 Å². The Hall–Kier alpha value is -2.13. The first-order valence-electron chi connectivity index (χ1n) is 6.80. The van der Waals surface area contributed by atoms with Gasteiger partial charge in [-0.05, 0) is 0 Å². The Morgan fingerprint density at radius 3 is 2.90 bits per heavy atom. The van der Waals surface area contributed by atoms with Gasteiger partial charge in [-0.3, -0.25) is 13.9 Å². The molecule has 114 valence electrons. The Labute approximate surface area is 119 Å². The van der Waals surface area contributed by atoms with E-state index in [-0.39, 0.29) is 11.7 Å². The molecule has 9 heteroatoms. The average molecular weight is 294 g/mol. The minimum absolute atomic E-state index is 0.0543. The van der Waals surface area contributed by atoms with Crippen LogP contribution in [0.3, 0.4) is 0 Å². The summed E-state index contributed by atoms with van der Waals surface area (Å²) in [6.07, 6.45) is 0.0543. The summed E-state index contributed by atoms with van der Waals surface area (Å²) in [4.78, 5) is 31.1. The molecule has 1 saturated heterocycles. The van der Waals surface area contributed by atoms with Gasteiger partial charge in [0.2, 0.25) is 5.95 Å². The SMILES string of the molecule is Cn1c(=O)c2[nH]c(NCC3CNCCO3)nc2n(C)c1=O. The first-order chi connectivity index (χ1) is 10.1. The smallest absolute Gasteiger partial charge is 0.332 e. The fraction of sp³-hybridized carbons (Fsp3) is 0.583. The monoisotopic (exact) mass is 294 g/mol. The van der Waals surface area contributed by atoms with Gasteiger partial charge in [-0.1, -0.05) is 0 Å². The van der Waals surface area contributed by atoms with E-state index in [0.717, 1.165) is 17.7 Å². The number of hydrogen-bond acceptors (Lipinski definition) is 6. The standard InChI is InChI=1S/C12H18N6O3/c1-17-9-8(10(19)18(2)12(17)20)15-11(16-9)14-6-7-5-13-3-4-21-7/h7,13H,3-6H2,1-2H3,(H2,14,15,16). The zero-order valence-corrected chi connectivity index (χ0v) is 12.0. The lowest BCUT2D eigenvalue weighted by Crippen LogP contribution is -2.42. The van der Waals surface area contributed by atoms with Crippen LogP contribution < -0.4 is 21.9 Å². The topological polar surface area (TPSA) is 106 Å². The second kappa shape index (κ2) is 5.34. The van der Waals surface area contributed by atoms with Crippen molar-refractivity contribution in [1.29, 1.82) is 0 Å². The van der Waals surface area contributed by atoms with E-state index in [1.165, 1.54) is 11.6 Å². The molecule has 0 saturated carbocycles. The molecule has 0 bridgehead atoms. The second-order valence-corrected chi connectivity index (χ2v) is 5.07. The van der Waals surface area contributed by atoms with E-state index in [4.69, 9.17) is 4.74 Å². The summed E-state index contributed by atoms with van der Waals surface area (Å²) in [5, 5.41) is 6.34. The number of hydrogen-bond donors (Lipinski definition) is 3. The number of anilines is 1. The van der Waals surface area contributed by atoms with Gasteiger partial charge in [-0.2, -0.15) is 4.98 Å². The molecule has 0 aromatic carbocycles. The van der Waals surface area contributed by atoms with Crippen molar-refractivity contribution in [3.8, 4) is 0 Å². The summed E-state index contributed by atoms with van der Waals surface area (Å²) in [6, 6.07) is 0. The molecule has 9 nitrogen and oxygen atoms in total. The summed E-state index contributed by atoms with van der Waals surface area (Å²) in [7, 11) is 3.03. The Morgan fingerprint density at radius 2 is 2.19 bits per heavy atom. The molecule has 1 aliphatic heterocycles. The number of nitrogens with one attached hydrogen (secondary N) is 3. The lowest BCUT2D eigenvalue weighted by molar-refractivity contribution is 0.0371. The van der Waals surface area contributed by atoms with Crippen molar-refractivity contribution in [1.82, 2.24) is 24.4 Å². The fourth-order valence-corrected chi connectivity index (χ4v) is 2.37. The number of morpholine rings is 1. The molecule has 1 aliphatic rings. The molecular weight excluding hydrogens is 276 g/mol. The van der Waals surface area contributed by atoms with Crippen LogP contribution in [0.2, 0.25) is 0 Å². The van der Waals surface area contributed by atoms with Crippen LogP contribution in [0.15, 0.2) is 9.59 Å². The van der Waals surface area contributed by atoms with Crippen LogP contribution in [0, 0.1) is 0 Å². The van der Waals surface area contributed by atoms with Crippen LogP contribution in [0.1, 0.15) is 0 Å². The third-order valence-corrected chi connectivity index (χ3v) is 3.60. The van der Waals surface area contributed by atoms with Gasteiger partial charge in [0.25, 0.3) is 5.56 Å². The van der Waals surface area contributed by atoms with Crippen LogP contribution in [0.4, 0.5) is 5.95 Å². The van der Waals surface area contributed by atoms with Gasteiger partial charge in [-0.25, -0.2) is 4.79 Å². The molecule has 1 atom stereocenters. The highest BCUT2D eigenvalue weighted by molar-refractivity contribution is 5.72. The zero-order valence-electron chi connectivity index (χ0n) is 12.0. The number of aromatic amines is 1. The predicted molar refractivity (Wildman–Crippen MR) is 77.7 cm³/mol. The molecule has 21 heavy (non-hydrogen) atoms. The molecule has 3 heterocycles. The summed E-state index contributed by atoms with van der Waals surface area (Å²) in [5.74, 6) is 0.456. The number of H-pyrrole nitrogens is 1. The van der Waals surface area contributed by atoms with Gasteiger partial charge in [0, 0.05) is 33.7 Å². The number of aryl methyl sites for hydroxylation is 1. The minimum Gasteiger partial charge on any atom is -0.374 e. The highest BCUT2D eigenvalue weighted by Gasteiger charge is 2.16. The van der Waals surface area contributed by atoms with Crippen molar-refractivity contribution in [3.05, 3.63) is 20.8 Å². The van der Waals surface area contributed by atoms with Gasteiger partial charge < -0.3 is 20.4 Å². The first-order valence-corrected chi connectivity index (χ1v) is 6.80. The summed E-state index contributed by atoms with van der Waals surface area (Å²) >= 11 is 0. The minimum atomic E-state index is -0.398. The zero-order chi connectivity index (χ0) is 15.0. The summed E-state index contributed by atoms with van der Waals surface area (Å²) in [5.41, 5.74) is -0.132. The van der Waals surface area contributed by atoms with Crippen molar-refractivity contribution in [2.45, 2.75) is 6.10 Å². The molecule has 0 aliphatic carbocycles. The normalized spacial score (nSPS) is 19.0. The van der Waals surface area contributed by atoms with Crippen molar-refractivity contribution >= 4 is 17.1 Å². The first kappa shape index (κ1) is 13.8. The Balaban J connectivity index is 1.87. The summed E-state index contributed by atoms with van der Waals surface area (Å²) in [6.45, 7) is 2.88.